The molecule has 2 N–H and O–H groups in total. The van der Waals surface area contributed by atoms with Crippen LogP contribution in [0.15, 0.2) is 42.6 Å². The molecule has 0 atom stereocenters. The number of anilines is 2. The summed E-state index contributed by atoms with van der Waals surface area (Å²) in [6.07, 6.45) is 1.64. The molecule has 0 fully saturated rings. The van der Waals surface area contributed by atoms with E-state index in [-0.39, 0.29) is 5.75 Å². The lowest BCUT2D eigenvalue weighted by Crippen LogP contribution is -1.93. The molecule has 1 aromatic carbocycles. The molecule has 0 bridgehead atoms. The molecule has 3 heteroatoms. The molecule has 0 spiro atoms. The average Bonchev–Trinajstić information content (AvgIpc) is 2.25. The van der Waals surface area contributed by atoms with Gasteiger partial charge >= 0.3 is 0 Å². The molecule has 0 saturated heterocycles. The third-order valence-electron chi connectivity index (χ3n) is 2.10. The molecule has 3 nitrogen and oxygen atoms in total. The Bertz CT molecular complexity index is 451. The van der Waals surface area contributed by atoms with Crippen molar-refractivity contribution in [1.82, 2.24) is 4.98 Å². The predicted octanol–water partition coefficient (Wildman–Crippen LogP) is 2.84. The second kappa shape index (κ2) is 4.00. The van der Waals surface area contributed by atoms with E-state index in [1.807, 2.05) is 31.2 Å². The predicted molar refractivity (Wildman–Crippen MR) is 60.4 cm³/mol. The highest BCUT2D eigenvalue weighted by molar-refractivity contribution is 5.61. The Hall–Kier alpha value is -2.03. The van der Waals surface area contributed by atoms with E-state index in [0.717, 1.165) is 5.69 Å². The van der Waals surface area contributed by atoms with E-state index in [1.165, 1.54) is 5.56 Å². The van der Waals surface area contributed by atoms with Crippen molar-refractivity contribution in [1.29, 1.82) is 0 Å². The molecule has 76 valence electrons. The van der Waals surface area contributed by atoms with E-state index in [0.29, 0.717) is 5.82 Å². The van der Waals surface area contributed by atoms with Gasteiger partial charge in [0, 0.05) is 11.9 Å². The van der Waals surface area contributed by atoms with E-state index in [9.17, 15) is 5.11 Å². The van der Waals surface area contributed by atoms with Crippen LogP contribution in [0.25, 0.3) is 0 Å². The van der Waals surface area contributed by atoms with Crippen LogP contribution in [-0.2, 0) is 0 Å². The van der Waals surface area contributed by atoms with Crippen molar-refractivity contribution in [2.75, 3.05) is 5.32 Å². The van der Waals surface area contributed by atoms with Crippen LogP contribution in [0.2, 0.25) is 0 Å². The lowest BCUT2D eigenvalue weighted by Gasteiger charge is -2.06. The molecule has 0 aliphatic carbocycles. The number of hydrogen-bond donors (Lipinski definition) is 2. The van der Waals surface area contributed by atoms with Crippen molar-refractivity contribution in [2.24, 2.45) is 0 Å². The van der Waals surface area contributed by atoms with Gasteiger partial charge in [-0.25, -0.2) is 4.98 Å². The summed E-state index contributed by atoms with van der Waals surface area (Å²) >= 11 is 0. The van der Waals surface area contributed by atoms with E-state index in [4.69, 9.17) is 0 Å². The first-order valence-corrected chi connectivity index (χ1v) is 4.73. The average molecular weight is 200 g/mol. The van der Waals surface area contributed by atoms with Gasteiger partial charge in [-0.2, -0.15) is 0 Å². The van der Waals surface area contributed by atoms with E-state index >= 15 is 0 Å². The van der Waals surface area contributed by atoms with Crippen LogP contribution in [0.1, 0.15) is 5.56 Å². The zero-order valence-electron chi connectivity index (χ0n) is 8.44. The zero-order valence-corrected chi connectivity index (χ0v) is 8.44. The van der Waals surface area contributed by atoms with Crippen LogP contribution in [-0.4, -0.2) is 10.1 Å². The first-order chi connectivity index (χ1) is 7.25. The van der Waals surface area contributed by atoms with Crippen molar-refractivity contribution >= 4 is 11.5 Å². The minimum absolute atomic E-state index is 0.151. The van der Waals surface area contributed by atoms with Gasteiger partial charge in [0.2, 0.25) is 0 Å². The number of nitrogens with one attached hydrogen (secondary N) is 1. The fraction of sp³-hybridized carbons (Fsp3) is 0.0833. The molecule has 0 saturated carbocycles. The van der Waals surface area contributed by atoms with Crippen molar-refractivity contribution in [3.8, 4) is 5.75 Å². The number of aromatic hydroxyl groups is 1. The largest absolute Gasteiger partial charge is 0.504 e. The molecule has 15 heavy (non-hydrogen) atoms. The highest BCUT2D eigenvalue weighted by atomic mass is 16.3. The Morgan fingerprint density at radius 2 is 1.87 bits per heavy atom. The van der Waals surface area contributed by atoms with Gasteiger partial charge in [0.15, 0.2) is 11.6 Å². The monoisotopic (exact) mass is 200 g/mol. The number of nitrogens with zero attached hydrogens (tertiary/aromatic N) is 1. The number of hydrogen-bond acceptors (Lipinski definition) is 3. The third kappa shape index (κ3) is 2.26. The lowest BCUT2D eigenvalue weighted by molar-refractivity contribution is 0.475. The number of rotatable bonds is 2. The Labute approximate surface area is 88.4 Å². The molecule has 0 radical (unpaired) electrons. The molecule has 2 rings (SSSR count). The van der Waals surface area contributed by atoms with Crippen LogP contribution >= 0.6 is 0 Å². The van der Waals surface area contributed by atoms with Gasteiger partial charge in [-0.15, -0.1) is 0 Å². The molecule has 0 aliphatic heterocycles. The molecule has 1 heterocycles. The van der Waals surface area contributed by atoms with Crippen LogP contribution in [0.5, 0.6) is 5.75 Å². The highest BCUT2D eigenvalue weighted by Crippen LogP contribution is 2.23. The SMILES string of the molecule is Cc1ccc(Nc2ncccc2O)cc1. The molecule has 0 aliphatic rings. The van der Waals surface area contributed by atoms with Gasteiger partial charge in [-0.1, -0.05) is 17.7 Å². The first kappa shape index (κ1) is 9.52. The zero-order chi connectivity index (χ0) is 10.7. The third-order valence-corrected chi connectivity index (χ3v) is 2.10. The van der Waals surface area contributed by atoms with Gasteiger partial charge in [-0.05, 0) is 31.2 Å². The second-order valence-corrected chi connectivity index (χ2v) is 3.36. The minimum Gasteiger partial charge on any atom is -0.504 e. The van der Waals surface area contributed by atoms with E-state index in [2.05, 4.69) is 10.3 Å². The fourth-order valence-electron chi connectivity index (χ4n) is 1.27. The molecular weight excluding hydrogens is 188 g/mol. The van der Waals surface area contributed by atoms with Gasteiger partial charge in [0.25, 0.3) is 0 Å². The van der Waals surface area contributed by atoms with Gasteiger partial charge in [-0.3, -0.25) is 0 Å². The van der Waals surface area contributed by atoms with Gasteiger partial charge in [0.1, 0.15) is 0 Å². The maximum Gasteiger partial charge on any atom is 0.172 e. The van der Waals surface area contributed by atoms with Gasteiger partial charge in [0.05, 0.1) is 0 Å². The Morgan fingerprint density at radius 1 is 1.13 bits per heavy atom. The maximum absolute atomic E-state index is 9.50. The Balaban J connectivity index is 2.22. The summed E-state index contributed by atoms with van der Waals surface area (Å²) in [5.41, 5.74) is 2.11. The summed E-state index contributed by atoms with van der Waals surface area (Å²) in [6, 6.07) is 11.2. The highest BCUT2D eigenvalue weighted by Gasteiger charge is 2.00. The summed E-state index contributed by atoms with van der Waals surface area (Å²) in [4.78, 5) is 4.03. The number of pyridine rings is 1. The van der Waals surface area contributed by atoms with Crippen molar-refractivity contribution in [2.45, 2.75) is 6.92 Å². The van der Waals surface area contributed by atoms with E-state index < -0.39 is 0 Å². The van der Waals surface area contributed by atoms with Crippen molar-refractivity contribution < 1.29 is 5.11 Å². The number of benzene rings is 1. The molecular formula is C12H12N2O. The van der Waals surface area contributed by atoms with E-state index in [1.54, 1.807) is 18.3 Å². The molecule has 0 amide bonds. The van der Waals surface area contributed by atoms with Crippen molar-refractivity contribution in [3.63, 3.8) is 0 Å². The normalized spacial score (nSPS) is 9.93. The lowest BCUT2D eigenvalue weighted by atomic mass is 10.2. The summed E-state index contributed by atoms with van der Waals surface area (Å²) < 4.78 is 0. The van der Waals surface area contributed by atoms with Crippen LogP contribution in [0, 0.1) is 6.92 Å². The summed E-state index contributed by atoms with van der Waals surface area (Å²) in [7, 11) is 0. The molecule has 0 unspecified atom stereocenters. The van der Waals surface area contributed by atoms with Crippen LogP contribution in [0.3, 0.4) is 0 Å². The Morgan fingerprint density at radius 3 is 2.53 bits per heavy atom. The summed E-state index contributed by atoms with van der Waals surface area (Å²) in [6.45, 7) is 2.03. The standard InChI is InChI=1S/C12H12N2O/c1-9-4-6-10(7-5-9)14-12-11(15)3-2-8-13-12/h2-8,15H,1H3,(H,13,14). The minimum atomic E-state index is 0.151. The molecule has 2 aromatic rings. The fourth-order valence-corrected chi connectivity index (χ4v) is 1.27. The maximum atomic E-state index is 9.50. The van der Waals surface area contributed by atoms with Gasteiger partial charge < -0.3 is 10.4 Å². The quantitative estimate of drug-likeness (QED) is 0.783. The summed E-state index contributed by atoms with van der Waals surface area (Å²) in [5.74, 6) is 0.624. The Kier molecular flexibility index (Phi) is 2.54. The topological polar surface area (TPSA) is 45.2 Å². The summed E-state index contributed by atoms with van der Waals surface area (Å²) in [5, 5.41) is 12.5. The smallest absolute Gasteiger partial charge is 0.172 e. The van der Waals surface area contributed by atoms with Crippen LogP contribution in [0.4, 0.5) is 11.5 Å². The number of aryl methyl sites for hydroxylation is 1. The first-order valence-electron chi connectivity index (χ1n) is 4.73. The van der Waals surface area contributed by atoms with Crippen molar-refractivity contribution in [3.05, 3.63) is 48.2 Å². The molecule has 1 aromatic heterocycles. The second-order valence-electron chi connectivity index (χ2n) is 3.36. The number of aromatic nitrogens is 1. The van der Waals surface area contributed by atoms with Crippen LogP contribution < -0.4 is 5.32 Å².